The number of nitrogens with one attached hydrogen (secondary N) is 4. The average molecular weight is 506 g/mol. The first-order valence-electron chi connectivity index (χ1n) is 12.3. The van der Waals surface area contributed by atoms with E-state index in [2.05, 4.69) is 43.1 Å². The molecule has 0 radical (unpaired) electrons. The van der Waals surface area contributed by atoms with Crippen LogP contribution in [0.25, 0.3) is 0 Å². The number of hydrogen-bond donors (Lipinski definition) is 4. The summed E-state index contributed by atoms with van der Waals surface area (Å²) in [6.07, 6.45) is 1.39. The number of amides is 3. The van der Waals surface area contributed by atoms with Gasteiger partial charge in [-0.25, -0.2) is 14.2 Å². The summed E-state index contributed by atoms with van der Waals surface area (Å²) in [5.41, 5.74) is 3.11. The Morgan fingerprint density at radius 1 is 0.946 bits per heavy atom. The van der Waals surface area contributed by atoms with E-state index in [1.165, 1.54) is 23.9 Å². The average Bonchev–Trinajstić information content (AvgIpc) is 2.88. The van der Waals surface area contributed by atoms with Crippen LogP contribution in [0.4, 0.5) is 32.1 Å². The lowest BCUT2D eigenvalue weighted by molar-refractivity contribution is 0.102. The van der Waals surface area contributed by atoms with Gasteiger partial charge in [0.1, 0.15) is 11.6 Å². The van der Waals surface area contributed by atoms with E-state index in [0.29, 0.717) is 23.6 Å². The summed E-state index contributed by atoms with van der Waals surface area (Å²) in [7, 11) is 2.14. The zero-order valence-electron chi connectivity index (χ0n) is 21.1. The molecule has 0 saturated carbocycles. The maximum Gasteiger partial charge on any atom is 0.320 e. The minimum atomic E-state index is -0.406. The van der Waals surface area contributed by atoms with Gasteiger partial charge in [0, 0.05) is 62.9 Å². The number of anilines is 4. The van der Waals surface area contributed by atoms with Crippen LogP contribution >= 0.6 is 0 Å². The summed E-state index contributed by atoms with van der Waals surface area (Å²) in [6.45, 7) is 7.34. The van der Waals surface area contributed by atoms with Crippen LogP contribution in [-0.4, -0.2) is 66.5 Å². The Hall–Kier alpha value is -4.02. The van der Waals surface area contributed by atoms with Gasteiger partial charge < -0.3 is 20.9 Å². The minimum absolute atomic E-state index is 0.264. The number of urea groups is 1. The molecule has 10 heteroatoms. The second-order valence-corrected chi connectivity index (χ2v) is 8.96. The van der Waals surface area contributed by atoms with Gasteiger partial charge in [0.2, 0.25) is 0 Å². The zero-order chi connectivity index (χ0) is 26.2. The minimum Gasteiger partial charge on any atom is -0.355 e. The highest BCUT2D eigenvalue weighted by atomic mass is 19.1. The molecule has 2 heterocycles. The molecule has 1 fully saturated rings. The van der Waals surface area contributed by atoms with Crippen LogP contribution in [-0.2, 0) is 6.54 Å². The zero-order valence-corrected chi connectivity index (χ0v) is 21.1. The quantitative estimate of drug-likeness (QED) is 0.368. The predicted molar refractivity (Wildman–Crippen MR) is 144 cm³/mol. The van der Waals surface area contributed by atoms with Crippen molar-refractivity contribution in [2.24, 2.45) is 0 Å². The van der Waals surface area contributed by atoms with Gasteiger partial charge in [0.05, 0.1) is 11.3 Å². The van der Waals surface area contributed by atoms with Gasteiger partial charge in [-0.15, -0.1) is 0 Å². The largest absolute Gasteiger partial charge is 0.355 e. The molecule has 37 heavy (non-hydrogen) atoms. The molecule has 1 saturated heterocycles. The summed E-state index contributed by atoms with van der Waals surface area (Å²) >= 11 is 0. The predicted octanol–water partition coefficient (Wildman–Crippen LogP) is 4.11. The normalized spacial score (nSPS) is 14.1. The highest BCUT2D eigenvalue weighted by Gasteiger charge is 2.16. The first kappa shape index (κ1) is 26.1. The van der Waals surface area contributed by atoms with Crippen molar-refractivity contribution in [1.29, 1.82) is 0 Å². The van der Waals surface area contributed by atoms with Crippen LogP contribution in [0.3, 0.4) is 0 Å². The van der Waals surface area contributed by atoms with Crippen molar-refractivity contribution >= 4 is 34.8 Å². The molecule has 0 atom stereocenters. The van der Waals surface area contributed by atoms with Crippen LogP contribution in [0.15, 0.2) is 60.8 Å². The molecule has 2 aromatic carbocycles. The first-order chi connectivity index (χ1) is 17.9. The monoisotopic (exact) mass is 505 g/mol. The van der Waals surface area contributed by atoms with Gasteiger partial charge in [0.25, 0.3) is 5.91 Å². The van der Waals surface area contributed by atoms with E-state index in [1.54, 1.807) is 25.1 Å². The van der Waals surface area contributed by atoms with Crippen LogP contribution < -0.4 is 21.3 Å². The van der Waals surface area contributed by atoms with Gasteiger partial charge >= 0.3 is 6.03 Å². The molecule has 1 aliphatic heterocycles. The molecule has 9 nitrogen and oxygen atoms in total. The fourth-order valence-electron chi connectivity index (χ4n) is 3.97. The number of nitrogens with zero attached hydrogens (tertiary/aromatic N) is 3. The molecule has 1 aromatic heterocycles. The molecule has 0 unspecified atom stereocenters. The Bertz CT molecular complexity index is 1210. The van der Waals surface area contributed by atoms with Crippen LogP contribution in [0.5, 0.6) is 0 Å². The lowest BCUT2D eigenvalue weighted by Gasteiger charge is -2.32. The van der Waals surface area contributed by atoms with E-state index in [9.17, 15) is 14.0 Å². The van der Waals surface area contributed by atoms with E-state index >= 15 is 0 Å². The second kappa shape index (κ2) is 12.3. The van der Waals surface area contributed by atoms with Crippen molar-refractivity contribution in [3.05, 3.63) is 77.7 Å². The summed E-state index contributed by atoms with van der Waals surface area (Å²) in [5.74, 6) is -0.471. The Balaban J connectivity index is 1.47. The van der Waals surface area contributed by atoms with Crippen LogP contribution in [0.2, 0.25) is 0 Å². The number of likely N-dealkylation sites (N-methyl/N-ethyl adjacent to an activating group) is 1. The Labute approximate surface area is 216 Å². The summed E-state index contributed by atoms with van der Waals surface area (Å²) < 4.78 is 13.4. The molecule has 1 aliphatic rings. The van der Waals surface area contributed by atoms with E-state index < -0.39 is 6.03 Å². The molecule has 0 aliphatic carbocycles. The maximum absolute atomic E-state index is 13.4. The highest BCUT2D eigenvalue weighted by Crippen LogP contribution is 2.25. The summed E-state index contributed by atoms with van der Waals surface area (Å²) in [5, 5.41) is 11.3. The third-order valence-corrected chi connectivity index (χ3v) is 6.06. The lowest BCUT2D eigenvalue weighted by Crippen LogP contribution is -2.43. The maximum atomic E-state index is 13.4. The van der Waals surface area contributed by atoms with Crippen molar-refractivity contribution < 1.29 is 14.0 Å². The molecule has 0 spiro atoms. The number of aromatic nitrogens is 1. The summed E-state index contributed by atoms with van der Waals surface area (Å²) in [4.78, 5) is 34.1. The molecular formula is C27H32FN7O2. The number of halogens is 1. The van der Waals surface area contributed by atoms with Crippen LogP contribution in [0.1, 0.15) is 22.8 Å². The number of rotatable bonds is 8. The van der Waals surface area contributed by atoms with Crippen LogP contribution in [0, 0.1) is 5.82 Å². The number of benzene rings is 2. The smallest absolute Gasteiger partial charge is 0.320 e. The molecule has 3 amide bonds. The molecule has 4 rings (SSSR count). The van der Waals surface area contributed by atoms with Gasteiger partial charge in [-0.05, 0) is 55.9 Å². The molecule has 194 valence electrons. The third kappa shape index (κ3) is 7.48. The summed E-state index contributed by atoms with van der Waals surface area (Å²) in [6, 6.07) is 14.7. The number of pyridine rings is 1. The van der Waals surface area contributed by atoms with Crippen molar-refractivity contribution in [3.8, 4) is 0 Å². The number of carbonyl (C=O) groups is 2. The Morgan fingerprint density at radius 3 is 2.30 bits per heavy atom. The van der Waals surface area contributed by atoms with Crippen molar-refractivity contribution in [1.82, 2.24) is 20.1 Å². The molecule has 0 bridgehead atoms. The SMILES string of the molecule is CCNC(=O)Nc1cc(Nc2ccc(F)cc2)c(C(=O)Nc2ccc(CN3CCN(C)CC3)cc2)cn1. The number of carbonyl (C=O) groups excluding carboxylic acids is 2. The second-order valence-electron chi connectivity index (χ2n) is 8.96. The molecule has 4 N–H and O–H groups in total. The van der Waals surface area contributed by atoms with Crippen molar-refractivity contribution in [2.45, 2.75) is 13.5 Å². The lowest BCUT2D eigenvalue weighted by atomic mass is 10.1. The molecule has 3 aromatic rings. The fourth-order valence-corrected chi connectivity index (χ4v) is 3.97. The number of piperazine rings is 1. The third-order valence-electron chi connectivity index (χ3n) is 6.06. The Kier molecular flexibility index (Phi) is 8.65. The first-order valence-corrected chi connectivity index (χ1v) is 12.3. The standard InChI is InChI=1S/C27H32FN7O2/c1-3-29-27(37)33-25-16-24(31-21-10-6-20(28)7-11-21)23(17-30-25)26(36)32-22-8-4-19(5-9-22)18-35-14-12-34(2)13-15-35/h4-11,16-17H,3,12-15,18H2,1-2H3,(H,32,36)(H3,29,30,31,33,37). The van der Waals surface area contributed by atoms with Gasteiger partial charge in [0.15, 0.2) is 0 Å². The number of hydrogen-bond acceptors (Lipinski definition) is 6. The van der Waals surface area contributed by atoms with E-state index in [4.69, 9.17) is 0 Å². The van der Waals surface area contributed by atoms with Gasteiger partial charge in [-0.1, -0.05) is 12.1 Å². The van der Waals surface area contributed by atoms with Crippen molar-refractivity contribution in [3.63, 3.8) is 0 Å². The van der Waals surface area contributed by atoms with E-state index in [-0.39, 0.29) is 23.1 Å². The Morgan fingerprint density at radius 2 is 1.62 bits per heavy atom. The topological polar surface area (TPSA) is 102 Å². The van der Waals surface area contributed by atoms with Gasteiger partial charge in [-0.2, -0.15) is 0 Å². The van der Waals surface area contributed by atoms with Gasteiger partial charge in [-0.3, -0.25) is 15.0 Å². The fraction of sp³-hybridized carbons (Fsp3) is 0.296. The van der Waals surface area contributed by atoms with E-state index in [0.717, 1.165) is 32.7 Å². The van der Waals surface area contributed by atoms with Crippen molar-refractivity contribution in [2.75, 3.05) is 55.7 Å². The molecular weight excluding hydrogens is 473 g/mol. The van der Waals surface area contributed by atoms with E-state index in [1.807, 2.05) is 24.3 Å². The highest BCUT2D eigenvalue weighted by molar-refractivity contribution is 6.08.